The molecule has 0 heterocycles. The molecule has 0 radical (unpaired) electrons. The van der Waals surface area contributed by atoms with E-state index in [2.05, 4.69) is 21.2 Å². The van der Waals surface area contributed by atoms with E-state index < -0.39 is 5.82 Å². The first-order valence-electron chi connectivity index (χ1n) is 6.41. The van der Waals surface area contributed by atoms with Gasteiger partial charge in [0.1, 0.15) is 11.6 Å². The fraction of sp³-hybridized carbons (Fsp3) is 0.188. The lowest BCUT2D eigenvalue weighted by atomic mass is 10.1. The molecule has 0 unspecified atom stereocenters. The number of halogens is 2. The van der Waals surface area contributed by atoms with Crippen molar-refractivity contribution < 1.29 is 13.9 Å². The maximum atomic E-state index is 13.3. The van der Waals surface area contributed by atoms with Crippen LogP contribution < -0.4 is 10.1 Å². The molecule has 0 aliphatic rings. The summed E-state index contributed by atoms with van der Waals surface area (Å²) in [5.41, 5.74) is 1.14. The summed E-state index contributed by atoms with van der Waals surface area (Å²) in [4.78, 5) is 12.3. The predicted octanol–water partition coefficient (Wildman–Crippen LogP) is 4.09. The van der Waals surface area contributed by atoms with Gasteiger partial charge in [-0.25, -0.2) is 4.39 Å². The Morgan fingerprint density at radius 1 is 1.24 bits per heavy atom. The van der Waals surface area contributed by atoms with Crippen LogP contribution in [0.25, 0.3) is 0 Å². The van der Waals surface area contributed by atoms with Crippen molar-refractivity contribution in [2.45, 2.75) is 13.0 Å². The summed E-state index contributed by atoms with van der Waals surface area (Å²) in [7, 11) is 1.45. The average Bonchev–Trinajstić information content (AvgIpc) is 2.47. The predicted molar refractivity (Wildman–Crippen MR) is 83.0 cm³/mol. The van der Waals surface area contributed by atoms with E-state index in [4.69, 9.17) is 4.74 Å². The molecular weight excluding hydrogens is 337 g/mol. The van der Waals surface area contributed by atoms with Gasteiger partial charge in [0.2, 0.25) is 0 Å². The zero-order chi connectivity index (χ0) is 15.4. The van der Waals surface area contributed by atoms with Crippen LogP contribution in [0.3, 0.4) is 0 Å². The summed E-state index contributed by atoms with van der Waals surface area (Å²) < 4.78 is 19.4. The summed E-state index contributed by atoms with van der Waals surface area (Å²) in [5.74, 6) is -0.504. The molecule has 0 aliphatic carbocycles. The molecule has 1 atom stereocenters. The van der Waals surface area contributed by atoms with Gasteiger partial charge in [-0.3, -0.25) is 4.79 Å². The van der Waals surface area contributed by atoms with Crippen molar-refractivity contribution in [3.63, 3.8) is 0 Å². The molecule has 0 aromatic heterocycles. The summed E-state index contributed by atoms with van der Waals surface area (Å²) >= 11 is 3.36. The third kappa shape index (κ3) is 3.82. The van der Waals surface area contributed by atoms with Crippen LogP contribution in [0.4, 0.5) is 4.39 Å². The van der Waals surface area contributed by atoms with Gasteiger partial charge >= 0.3 is 0 Å². The van der Waals surface area contributed by atoms with Crippen molar-refractivity contribution in [2.24, 2.45) is 0 Å². The molecule has 0 saturated heterocycles. The van der Waals surface area contributed by atoms with Crippen LogP contribution in [0.15, 0.2) is 46.9 Å². The van der Waals surface area contributed by atoms with Crippen molar-refractivity contribution in [2.75, 3.05) is 7.11 Å². The Hall–Kier alpha value is -1.88. The first kappa shape index (κ1) is 15.5. The van der Waals surface area contributed by atoms with Crippen molar-refractivity contribution >= 4 is 21.8 Å². The normalized spacial score (nSPS) is 11.8. The number of ether oxygens (including phenoxy) is 1. The van der Waals surface area contributed by atoms with Gasteiger partial charge in [0.25, 0.3) is 5.91 Å². The summed E-state index contributed by atoms with van der Waals surface area (Å²) in [6.07, 6.45) is 0. The Kier molecular flexibility index (Phi) is 4.96. The quantitative estimate of drug-likeness (QED) is 0.900. The molecule has 5 heteroatoms. The number of hydrogen-bond acceptors (Lipinski definition) is 2. The molecule has 1 N–H and O–H groups in total. The van der Waals surface area contributed by atoms with Gasteiger partial charge in [0.15, 0.2) is 0 Å². The second-order valence-electron chi connectivity index (χ2n) is 4.59. The maximum Gasteiger partial charge on any atom is 0.255 e. The highest BCUT2D eigenvalue weighted by Crippen LogP contribution is 2.21. The lowest BCUT2D eigenvalue weighted by Crippen LogP contribution is -2.27. The van der Waals surface area contributed by atoms with E-state index in [0.717, 1.165) is 10.0 Å². The lowest BCUT2D eigenvalue weighted by molar-refractivity contribution is 0.0936. The molecule has 3 nitrogen and oxygen atoms in total. The van der Waals surface area contributed by atoms with Gasteiger partial charge in [0.05, 0.1) is 18.7 Å². The molecule has 0 spiro atoms. The van der Waals surface area contributed by atoms with Crippen LogP contribution in [0, 0.1) is 5.82 Å². The monoisotopic (exact) mass is 351 g/mol. The zero-order valence-electron chi connectivity index (χ0n) is 11.7. The van der Waals surface area contributed by atoms with Crippen LogP contribution in [0.1, 0.15) is 28.9 Å². The minimum atomic E-state index is -0.475. The minimum absolute atomic E-state index is 0.182. The first-order valence-corrected chi connectivity index (χ1v) is 7.20. The third-order valence-electron chi connectivity index (χ3n) is 3.12. The molecule has 0 aliphatic heterocycles. The van der Waals surface area contributed by atoms with Gasteiger partial charge in [-0.05, 0) is 42.8 Å². The molecule has 0 bridgehead atoms. The van der Waals surface area contributed by atoms with Crippen LogP contribution in [-0.2, 0) is 0 Å². The van der Waals surface area contributed by atoms with E-state index in [0.29, 0.717) is 5.75 Å². The van der Waals surface area contributed by atoms with E-state index in [9.17, 15) is 9.18 Å². The Labute approximate surface area is 131 Å². The topological polar surface area (TPSA) is 38.3 Å². The van der Waals surface area contributed by atoms with Gasteiger partial charge < -0.3 is 10.1 Å². The Bertz CT molecular complexity index is 643. The van der Waals surface area contributed by atoms with Gasteiger partial charge in [0, 0.05) is 4.47 Å². The highest BCUT2D eigenvalue weighted by atomic mass is 79.9. The smallest absolute Gasteiger partial charge is 0.255 e. The Balaban J connectivity index is 2.17. The molecule has 1 amide bonds. The summed E-state index contributed by atoms with van der Waals surface area (Å²) in [5, 5.41) is 2.83. The number of rotatable bonds is 4. The second kappa shape index (κ2) is 6.72. The van der Waals surface area contributed by atoms with E-state index in [1.807, 2.05) is 31.2 Å². The standard InChI is InChI=1S/C16H15BrFNO2/c1-10(11-3-5-12(17)6-4-11)19-16(20)14-9-13(18)7-8-15(14)21-2/h3-10H,1-2H3,(H,19,20)/t10-/m0/s1. The number of carbonyl (C=O) groups is 1. The van der Waals surface area contributed by atoms with E-state index in [1.165, 1.54) is 25.3 Å². The largest absolute Gasteiger partial charge is 0.496 e. The molecule has 2 rings (SSSR count). The highest BCUT2D eigenvalue weighted by Gasteiger charge is 2.16. The molecule has 0 fully saturated rings. The van der Waals surface area contributed by atoms with Crippen LogP contribution >= 0.6 is 15.9 Å². The van der Waals surface area contributed by atoms with Gasteiger partial charge in [-0.15, -0.1) is 0 Å². The van der Waals surface area contributed by atoms with E-state index >= 15 is 0 Å². The number of nitrogens with one attached hydrogen (secondary N) is 1. The lowest BCUT2D eigenvalue weighted by Gasteiger charge is -2.16. The number of amides is 1. The van der Waals surface area contributed by atoms with Crippen LogP contribution in [-0.4, -0.2) is 13.0 Å². The SMILES string of the molecule is COc1ccc(F)cc1C(=O)N[C@@H](C)c1ccc(Br)cc1. The minimum Gasteiger partial charge on any atom is -0.496 e. The maximum absolute atomic E-state index is 13.3. The molecule has 0 saturated carbocycles. The summed E-state index contributed by atoms with van der Waals surface area (Å²) in [6, 6.07) is 11.3. The number of benzene rings is 2. The molecule has 2 aromatic carbocycles. The Morgan fingerprint density at radius 3 is 2.52 bits per heavy atom. The second-order valence-corrected chi connectivity index (χ2v) is 5.51. The molecule has 21 heavy (non-hydrogen) atoms. The van der Waals surface area contributed by atoms with Crippen LogP contribution in [0.2, 0.25) is 0 Å². The van der Waals surface area contributed by atoms with Crippen molar-refractivity contribution in [3.8, 4) is 5.75 Å². The Morgan fingerprint density at radius 2 is 1.90 bits per heavy atom. The number of methoxy groups -OCH3 is 1. The molecular formula is C16H15BrFNO2. The fourth-order valence-electron chi connectivity index (χ4n) is 1.97. The number of carbonyl (C=O) groups excluding carboxylic acids is 1. The highest BCUT2D eigenvalue weighted by molar-refractivity contribution is 9.10. The molecule has 2 aromatic rings. The molecule has 110 valence electrons. The summed E-state index contributed by atoms with van der Waals surface area (Å²) in [6.45, 7) is 1.87. The first-order chi connectivity index (χ1) is 10.0. The van der Waals surface area contributed by atoms with Crippen LogP contribution in [0.5, 0.6) is 5.75 Å². The number of hydrogen-bond donors (Lipinski definition) is 1. The van der Waals surface area contributed by atoms with E-state index in [-0.39, 0.29) is 17.5 Å². The van der Waals surface area contributed by atoms with Gasteiger partial charge in [-0.2, -0.15) is 0 Å². The third-order valence-corrected chi connectivity index (χ3v) is 3.65. The zero-order valence-corrected chi connectivity index (χ0v) is 13.3. The van der Waals surface area contributed by atoms with E-state index in [1.54, 1.807) is 0 Å². The van der Waals surface area contributed by atoms with Crippen molar-refractivity contribution in [3.05, 3.63) is 63.9 Å². The average molecular weight is 352 g/mol. The fourth-order valence-corrected chi connectivity index (χ4v) is 2.23. The van der Waals surface area contributed by atoms with Gasteiger partial charge in [-0.1, -0.05) is 28.1 Å². The van der Waals surface area contributed by atoms with Crippen molar-refractivity contribution in [1.29, 1.82) is 0 Å². The van der Waals surface area contributed by atoms with Crippen molar-refractivity contribution in [1.82, 2.24) is 5.32 Å².